The smallest absolute Gasteiger partial charge is 0.329 e. The Hall–Kier alpha value is -1.98. The van der Waals surface area contributed by atoms with E-state index >= 15 is 0 Å². The molecule has 0 spiro atoms. The molecule has 1 N–H and O–H groups in total. The van der Waals surface area contributed by atoms with Crippen molar-refractivity contribution in [3.05, 3.63) is 18.1 Å². The van der Waals surface area contributed by atoms with Crippen LogP contribution in [0.15, 0.2) is 16.7 Å². The number of nitrogens with one attached hydrogen (secondary N) is 1. The maximum Gasteiger partial charge on any atom is 0.329 e. The number of amides is 1. The summed E-state index contributed by atoms with van der Waals surface area (Å²) in [6.07, 6.45) is 4.11. The lowest BCUT2D eigenvalue weighted by Gasteiger charge is -2.16. The van der Waals surface area contributed by atoms with E-state index in [1.54, 1.807) is 17.2 Å². The zero-order chi connectivity index (χ0) is 13.2. The number of nitrogens with zero attached hydrogens (tertiary/aromatic N) is 1. The number of rotatable bonds is 3. The molecule has 102 valence electrons. The van der Waals surface area contributed by atoms with Crippen molar-refractivity contribution in [2.24, 2.45) is 0 Å². The fraction of sp³-hybridized carbons (Fsp3) is 0.538. The third-order valence-corrected chi connectivity index (χ3v) is 3.55. The molecule has 3 rings (SSSR count). The van der Waals surface area contributed by atoms with Gasteiger partial charge in [-0.1, -0.05) is 0 Å². The zero-order valence-corrected chi connectivity index (χ0v) is 10.6. The van der Waals surface area contributed by atoms with Gasteiger partial charge in [-0.2, -0.15) is 0 Å². The minimum atomic E-state index is -0.443. The summed E-state index contributed by atoms with van der Waals surface area (Å²) in [4.78, 5) is 25.3. The Kier molecular flexibility index (Phi) is 3.15. The van der Waals surface area contributed by atoms with Crippen molar-refractivity contribution in [1.82, 2.24) is 4.90 Å². The average molecular weight is 264 g/mol. The molecule has 1 unspecified atom stereocenters. The Balaban J connectivity index is 1.47. The minimum absolute atomic E-state index is 0.111. The van der Waals surface area contributed by atoms with E-state index in [0.717, 1.165) is 37.4 Å². The Morgan fingerprint density at radius 3 is 2.95 bits per heavy atom. The topological polar surface area (TPSA) is 71.8 Å². The van der Waals surface area contributed by atoms with Crippen molar-refractivity contribution in [2.45, 2.75) is 25.3 Å². The molecule has 3 heterocycles. The molecule has 0 bridgehead atoms. The van der Waals surface area contributed by atoms with Crippen molar-refractivity contribution < 1.29 is 18.7 Å². The summed E-state index contributed by atoms with van der Waals surface area (Å²) >= 11 is 0. The highest BCUT2D eigenvalue weighted by atomic mass is 16.5. The van der Waals surface area contributed by atoms with Crippen LogP contribution in [0.4, 0.5) is 5.69 Å². The third kappa shape index (κ3) is 2.43. The first-order chi connectivity index (χ1) is 9.24. The first-order valence-electron chi connectivity index (χ1n) is 6.51. The summed E-state index contributed by atoms with van der Waals surface area (Å²) in [5, 5.41) is 3.01. The molecule has 1 aromatic heterocycles. The SMILES string of the molecule is O=C(OCC(=O)N1CCCC1)C1Cc2occc2N1. The van der Waals surface area contributed by atoms with Crippen molar-refractivity contribution in [1.29, 1.82) is 0 Å². The molecular formula is C13H16N2O4. The lowest BCUT2D eigenvalue weighted by atomic mass is 10.2. The van der Waals surface area contributed by atoms with Crippen LogP contribution in [0.3, 0.4) is 0 Å². The third-order valence-electron chi connectivity index (χ3n) is 3.55. The standard InChI is InChI=1S/C13H16N2O4/c16-12(15-4-1-2-5-15)8-19-13(17)10-7-11-9(14-10)3-6-18-11/h3,6,10,14H,1-2,4-5,7-8H2. The van der Waals surface area contributed by atoms with E-state index in [-0.39, 0.29) is 12.5 Å². The molecule has 0 radical (unpaired) electrons. The van der Waals surface area contributed by atoms with Gasteiger partial charge < -0.3 is 19.4 Å². The molecule has 2 aliphatic heterocycles. The van der Waals surface area contributed by atoms with Crippen LogP contribution in [0, 0.1) is 0 Å². The van der Waals surface area contributed by atoms with E-state index in [1.807, 2.05) is 0 Å². The summed E-state index contributed by atoms with van der Waals surface area (Å²) in [5.74, 6) is 0.243. The van der Waals surface area contributed by atoms with E-state index in [2.05, 4.69) is 5.32 Å². The molecule has 1 saturated heterocycles. The van der Waals surface area contributed by atoms with E-state index in [9.17, 15) is 9.59 Å². The maximum absolute atomic E-state index is 11.8. The molecule has 0 aromatic carbocycles. The van der Waals surface area contributed by atoms with Gasteiger partial charge in [-0.05, 0) is 18.9 Å². The number of carbonyl (C=O) groups is 2. The van der Waals surface area contributed by atoms with Gasteiger partial charge in [0.15, 0.2) is 6.61 Å². The molecule has 1 atom stereocenters. The summed E-state index contributed by atoms with van der Waals surface area (Å²) < 4.78 is 10.3. The number of carbonyl (C=O) groups excluding carboxylic acids is 2. The second kappa shape index (κ2) is 4.95. The monoisotopic (exact) mass is 264 g/mol. The van der Waals surface area contributed by atoms with Gasteiger partial charge in [0.05, 0.1) is 12.0 Å². The number of furan rings is 1. The highest BCUT2D eigenvalue weighted by Crippen LogP contribution is 2.26. The van der Waals surface area contributed by atoms with Gasteiger partial charge in [0, 0.05) is 19.5 Å². The lowest BCUT2D eigenvalue weighted by molar-refractivity contribution is -0.152. The van der Waals surface area contributed by atoms with Crippen LogP contribution in [-0.2, 0) is 20.7 Å². The molecule has 6 nitrogen and oxygen atoms in total. The minimum Gasteiger partial charge on any atom is -0.467 e. The van der Waals surface area contributed by atoms with Crippen LogP contribution < -0.4 is 5.32 Å². The molecule has 6 heteroatoms. The van der Waals surface area contributed by atoms with Gasteiger partial charge in [0.1, 0.15) is 11.8 Å². The summed E-state index contributed by atoms with van der Waals surface area (Å²) in [6.45, 7) is 1.37. The van der Waals surface area contributed by atoms with Gasteiger partial charge in [-0.25, -0.2) is 4.79 Å². The highest BCUT2D eigenvalue weighted by molar-refractivity contribution is 5.85. The van der Waals surface area contributed by atoms with Crippen LogP contribution in [0.1, 0.15) is 18.6 Å². The van der Waals surface area contributed by atoms with Crippen LogP contribution in [0.5, 0.6) is 0 Å². The predicted octanol–water partition coefficient (Wildman–Crippen LogP) is 0.782. The van der Waals surface area contributed by atoms with Crippen molar-refractivity contribution in [3.63, 3.8) is 0 Å². The second-order valence-corrected chi connectivity index (χ2v) is 4.85. The molecule has 1 aromatic rings. The first-order valence-corrected chi connectivity index (χ1v) is 6.51. The number of anilines is 1. The zero-order valence-electron chi connectivity index (χ0n) is 10.6. The Morgan fingerprint density at radius 2 is 2.21 bits per heavy atom. The van der Waals surface area contributed by atoms with Gasteiger partial charge in [0.25, 0.3) is 5.91 Å². The Labute approximate surface area is 110 Å². The predicted molar refractivity (Wildman–Crippen MR) is 66.6 cm³/mol. The number of esters is 1. The number of ether oxygens (including phenoxy) is 1. The number of hydrogen-bond donors (Lipinski definition) is 1. The molecule has 0 saturated carbocycles. The van der Waals surface area contributed by atoms with E-state index < -0.39 is 12.0 Å². The summed E-state index contributed by atoms with van der Waals surface area (Å²) in [5.41, 5.74) is 0.827. The number of fused-ring (bicyclic) bond motifs is 1. The van der Waals surface area contributed by atoms with Crippen LogP contribution in [0.25, 0.3) is 0 Å². The molecular weight excluding hydrogens is 248 g/mol. The van der Waals surface area contributed by atoms with E-state index in [4.69, 9.17) is 9.15 Å². The van der Waals surface area contributed by atoms with Crippen LogP contribution in [-0.4, -0.2) is 42.5 Å². The van der Waals surface area contributed by atoms with E-state index in [1.165, 1.54) is 0 Å². The Bertz CT molecular complexity index is 470. The fourth-order valence-corrected chi connectivity index (χ4v) is 2.48. The summed E-state index contributed by atoms with van der Waals surface area (Å²) in [6, 6.07) is 1.33. The highest BCUT2D eigenvalue weighted by Gasteiger charge is 2.31. The van der Waals surface area contributed by atoms with Gasteiger partial charge in [-0.3, -0.25) is 4.79 Å². The average Bonchev–Trinajstić information content (AvgIpc) is 3.09. The second-order valence-electron chi connectivity index (χ2n) is 4.85. The van der Waals surface area contributed by atoms with Crippen molar-refractivity contribution in [3.8, 4) is 0 Å². The molecule has 0 aliphatic carbocycles. The molecule has 2 aliphatic rings. The van der Waals surface area contributed by atoms with Crippen LogP contribution >= 0.6 is 0 Å². The maximum atomic E-state index is 11.8. The number of likely N-dealkylation sites (tertiary alicyclic amines) is 1. The normalized spacial score (nSPS) is 21.1. The molecule has 19 heavy (non-hydrogen) atoms. The summed E-state index contributed by atoms with van der Waals surface area (Å²) in [7, 11) is 0. The first kappa shape index (κ1) is 12.1. The molecule has 1 amide bonds. The van der Waals surface area contributed by atoms with Crippen molar-refractivity contribution in [2.75, 3.05) is 25.0 Å². The van der Waals surface area contributed by atoms with Crippen LogP contribution in [0.2, 0.25) is 0 Å². The van der Waals surface area contributed by atoms with Crippen molar-refractivity contribution >= 4 is 17.6 Å². The van der Waals surface area contributed by atoms with Gasteiger partial charge >= 0.3 is 5.97 Å². The van der Waals surface area contributed by atoms with E-state index in [0.29, 0.717) is 6.42 Å². The number of hydrogen-bond acceptors (Lipinski definition) is 5. The lowest BCUT2D eigenvalue weighted by Crippen LogP contribution is -2.35. The largest absolute Gasteiger partial charge is 0.467 e. The van der Waals surface area contributed by atoms with Gasteiger partial charge in [-0.15, -0.1) is 0 Å². The Morgan fingerprint density at radius 1 is 1.42 bits per heavy atom. The quantitative estimate of drug-likeness (QED) is 0.817. The van der Waals surface area contributed by atoms with Gasteiger partial charge in [0.2, 0.25) is 0 Å². The fourth-order valence-electron chi connectivity index (χ4n) is 2.48. The molecule has 1 fully saturated rings.